The Morgan fingerprint density at radius 3 is 2.72 bits per heavy atom. The van der Waals surface area contributed by atoms with Crippen LogP contribution in [0.3, 0.4) is 0 Å². The van der Waals surface area contributed by atoms with E-state index in [2.05, 4.69) is 31.8 Å². The lowest BCUT2D eigenvalue weighted by Crippen LogP contribution is -2.45. The zero-order chi connectivity index (χ0) is 32.6. The summed E-state index contributed by atoms with van der Waals surface area (Å²) in [5.41, 5.74) is 7.29. The Balaban J connectivity index is 1.27. The lowest BCUT2D eigenvalue weighted by atomic mass is 9.95. The van der Waals surface area contributed by atoms with Crippen LogP contribution in [-0.2, 0) is 16.1 Å². The van der Waals surface area contributed by atoms with Crippen molar-refractivity contribution in [2.45, 2.75) is 32.7 Å². The molecule has 1 aromatic heterocycles. The average molecular weight is 623 g/mol. The number of para-hydroxylation sites is 1. The first-order chi connectivity index (χ1) is 22.3. The number of nitriles is 1. The van der Waals surface area contributed by atoms with E-state index in [9.17, 15) is 20.0 Å². The summed E-state index contributed by atoms with van der Waals surface area (Å²) in [6, 6.07) is 21.4. The van der Waals surface area contributed by atoms with Gasteiger partial charge >= 0.3 is 12.0 Å². The van der Waals surface area contributed by atoms with Gasteiger partial charge in [0.1, 0.15) is 6.61 Å². The minimum absolute atomic E-state index is 0.153. The van der Waals surface area contributed by atoms with Gasteiger partial charge in [0.25, 0.3) is 0 Å². The highest BCUT2D eigenvalue weighted by atomic mass is 16.5. The molecule has 1 aliphatic rings. The van der Waals surface area contributed by atoms with Gasteiger partial charge < -0.3 is 34.5 Å². The summed E-state index contributed by atoms with van der Waals surface area (Å²) in [5, 5.41) is 30.6. The highest BCUT2D eigenvalue weighted by Gasteiger charge is 2.32. The van der Waals surface area contributed by atoms with Gasteiger partial charge in [0.2, 0.25) is 0 Å². The molecule has 2 amide bonds. The molecule has 12 nitrogen and oxygen atoms in total. The smallest absolute Gasteiger partial charge is 0.337 e. The summed E-state index contributed by atoms with van der Waals surface area (Å²) in [6.45, 7) is 4.14. The summed E-state index contributed by atoms with van der Waals surface area (Å²) in [4.78, 5) is 24.7. The van der Waals surface area contributed by atoms with E-state index in [1.54, 1.807) is 37.4 Å². The van der Waals surface area contributed by atoms with Crippen LogP contribution in [-0.4, -0.2) is 54.4 Å². The molecule has 0 aliphatic carbocycles. The number of methoxy groups -OCH3 is 1. The van der Waals surface area contributed by atoms with E-state index >= 15 is 0 Å². The molecule has 46 heavy (non-hydrogen) atoms. The number of hydrazone groups is 1. The molecule has 1 aliphatic heterocycles. The van der Waals surface area contributed by atoms with Crippen LogP contribution in [0.25, 0.3) is 10.9 Å². The van der Waals surface area contributed by atoms with Crippen LogP contribution in [0.15, 0.2) is 89.3 Å². The van der Waals surface area contributed by atoms with Crippen LogP contribution in [0.5, 0.6) is 11.5 Å². The van der Waals surface area contributed by atoms with Gasteiger partial charge in [-0.25, -0.2) is 9.59 Å². The third kappa shape index (κ3) is 6.95. The van der Waals surface area contributed by atoms with Crippen molar-refractivity contribution in [3.05, 3.63) is 106 Å². The van der Waals surface area contributed by atoms with Crippen LogP contribution in [0.4, 0.5) is 4.79 Å². The summed E-state index contributed by atoms with van der Waals surface area (Å²) >= 11 is 0. The Morgan fingerprint density at radius 2 is 1.93 bits per heavy atom. The lowest BCUT2D eigenvalue weighted by molar-refractivity contribution is -0.136. The van der Waals surface area contributed by atoms with Gasteiger partial charge in [-0.3, -0.25) is 5.43 Å². The summed E-state index contributed by atoms with van der Waals surface area (Å²) in [6.07, 6.45) is 2.43. The first-order valence-corrected chi connectivity index (χ1v) is 14.6. The fraction of sp³-hybridized carbons (Fsp3) is 0.235. The first kappa shape index (κ1) is 31.6. The number of rotatable bonds is 12. The standard InChI is InChI=1S/C34H34N6O6/c1-4-45-29-15-22(32-31(33(42)44-3)21(2)37-34(43)38-32)13-14-28(29)46-20-30(41)39-36-17-25-19-40(27-12-8-7-11-26(25)27)18-24-10-6-5-9-23(24)16-35/h5-15,17,19,30,32,39,41H,4,18,20H2,1-3H3,(H2,37,38,43)/b36-17-/t30-,32+/m0/s1. The molecule has 4 aromatic rings. The van der Waals surface area contributed by atoms with Crippen molar-refractivity contribution in [2.75, 3.05) is 20.3 Å². The number of nitrogens with one attached hydrogen (secondary N) is 3. The van der Waals surface area contributed by atoms with Crippen molar-refractivity contribution >= 4 is 29.1 Å². The van der Waals surface area contributed by atoms with Crippen molar-refractivity contribution in [2.24, 2.45) is 5.10 Å². The molecule has 236 valence electrons. The lowest BCUT2D eigenvalue weighted by Gasteiger charge is -2.28. The van der Waals surface area contributed by atoms with Crippen LogP contribution >= 0.6 is 0 Å². The largest absolute Gasteiger partial charge is 0.490 e. The number of esters is 1. The van der Waals surface area contributed by atoms with Crippen molar-refractivity contribution in [3.63, 3.8) is 0 Å². The molecular formula is C34H34N6O6. The predicted octanol–water partition coefficient (Wildman–Crippen LogP) is 4.08. The van der Waals surface area contributed by atoms with E-state index < -0.39 is 24.3 Å². The van der Waals surface area contributed by atoms with E-state index in [4.69, 9.17) is 14.2 Å². The third-order valence-corrected chi connectivity index (χ3v) is 7.40. The number of aliphatic hydroxyl groups excluding tert-OH is 1. The third-order valence-electron chi connectivity index (χ3n) is 7.40. The molecule has 12 heteroatoms. The first-order valence-electron chi connectivity index (χ1n) is 14.6. The van der Waals surface area contributed by atoms with Crippen LogP contribution in [0.1, 0.15) is 42.1 Å². The second-order valence-electron chi connectivity index (χ2n) is 10.4. The maximum atomic E-state index is 12.5. The van der Waals surface area contributed by atoms with Crippen LogP contribution in [0.2, 0.25) is 0 Å². The minimum Gasteiger partial charge on any atom is -0.490 e. The topological polar surface area (TPSA) is 159 Å². The number of fused-ring (bicyclic) bond motifs is 1. The second-order valence-corrected chi connectivity index (χ2v) is 10.4. The Hall–Kier alpha value is -5.80. The van der Waals surface area contributed by atoms with E-state index in [0.717, 1.165) is 22.0 Å². The van der Waals surface area contributed by atoms with E-state index in [-0.39, 0.29) is 12.2 Å². The van der Waals surface area contributed by atoms with Crippen LogP contribution < -0.4 is 25.5 Å². The number of carbonyl (C=O) groups is 2. The molecule has 4 N–H and O–H groups in total. The minimum atomic E-state index is -1.15. The fourth-order valence-electron chi connectivity index (χ4n) is 5.27. The zero-order valence-corrected chi connectivity index (χ0v) is 25.6. The molecule has 0 fully saturated rings. The number of aliphatic hydroxyl groups is 1. The zero-order valence-electron chi connectivity index (χ0n) is 25.6. The number of amides is 2. The number of aromatic nitrogens is 1. The maximum absolute atomic E-state index is 12.5. The molecule has 0 saturated heterocycles. The number of ether oxygens (including phenoxy) is 3. The van der Waals surface area contributed by atoms with Gasteiger partial charge in [0.15, 0.2) is 17.7 Å². The highest BCUT2D eigenvalue weighted by Crippen LogP contribution is 2.35. The van der Waals surface area contributed by atoms with Gasteiger partial charge in [-0.15, -0.1) is 0 Å². The Labute approximate surface area is 265 Å². The average Bonchev–Trinajstić information content (AvgIpc) is 3.40. The number of urea groups is 1. The van der Waals surface area contributed by atoms with E-state index in [1.165, 1.54) is 7.11 Å². The number of nitrogens with zero attached hydrogens (tertiary/aromatic N) is 3. The quantitative estimate of drug-likeness (QED) is 0.0796. The predicted molar refractivity (Wildman–Crippen MR) is 171 cm³/mol. The van der Waals surface area contributed by atoms with Crippen molar-refractivity contribution in [1.29, 1.82) is 5.26 Å². The number of benzene rings is 3. The second kappa shape index (κ2) is 14.3. The molecular weight excluding hydrogens is 588 g/mol. The molecule has 2 heterocycles. The Kier molecular flexibility index (Phi) is 9.84. The molecule has 3 aromatic carbocycles. The molecule has 0 unspecified atom stereocenters. The van der Waals surface area contributed by atoms with Gasteiger partial charge in [-0.2, -0.15) is 10.4 Å². The summed E-state index contributed by atoms with van der Waals surface area (Å²) in [5.74, 6) is 0.157. The van der Waals surface area contributed by atoms with Gasteiger partial charge in [0, 0.05) is 34.9 Å². The monoisotopic (exact) mass is 622 g/mol. The van der Waals surface area contributed by atoms with Crippen molar-refractivity contribution < 1.29 is 28.9 Å². The van der Waals surface area contributed by atoms with Gasteiger partial charge in [-0.05, 0) is 49.2 Å². The number of allylic oxidation sites excluding steroid dienone is 1. The normalized spacial score (nSPS) is 15.2. The molecule has 0 spiro atoms. The molecule has 0 bridgehead atoms. The fourth-order valence-corrected chi connectivity index (χ4v) is 5.27. The number of carbonyl (C=O) groups excluding carboxylic acids is 2. The molecule has 5 rings (SSSR count). The number of hydrogen-bond donors (Lipinski definition) is 4. The van der Waals surface area contributed by atoms with E-state index in [1.807, 2.05) is 55.6 Å². The van der Waals surface area contributed by atoms with Crippen molar-refractivity contribution in [3.8, 4) is 17.6 Å². The summed E-state index contributed by atoms with van der Waals surface area (Å²) in [7, 11) is 1.28. The highest BCUT2D eigenvalue weighted by molar-refractivity contribution is 5.99. The Morgan fingerprint density at radius 1 is 1.15 bits per heavy atom. The summed E-state index contributed by atoms with van der Waals surface area (Å²) < 4.78 is 18.6. The SMILES string of the molecule is CCOc1cc([C@H]2NC(=O)NC(C)=C2C(=O)OC)ccc1OC[C@H](O)N/N=C\c1cn(Cc2ccccc2C#N)c2ccccc12. The van der Waals surface area contributed by atoms with Gasteiger partial charge in [0.05, 0.1) is 43.2 Å². The molecule has 0 radical (unpaired) electrons. The molecule has 2 atom stereocenters. The van der Waals surface area contributed by atoms with Gasteiger partial charge in [-0.1, -0.05) is 42.5 Å². The maximum Gasteiger partial charge on any atom is 0.337 e. The Bertz CT molecular complexity index is 1860. The van der Waals surface area contributed by atoms with E-state index in [0.29, 0.717) is 41.5 Å². The molecule has 0 saturated carbocycles. The van der Waals surface area contributed by atoms with Crippen LogP contribution in [0, 0.1) is 11.3 Å². The van der Waals surface area contributed by atoms with Crippen molar-refractivity contribution in [1.82, 2.24) is 20.6 Å². The number of hydrogen-bond acceptors (Lipinski definition) is 9.